The van der Waals surface area contributed by atoms with Crippen LogP contribution in [-0.4, -0.2) is 24.6 Å². The van der Waals surface area contributed by atoms with Gasteiger partial charge in [0.15, 0.2) is 0 Å². The first-order valence-electron chi connectivity index (χ1n) is 12.2. The Hall–Kier alpha value is -1.32. The zero-order valence-corrected chi connectivity index (χ0v) is 19.3. The Bertz CT molecular complexity index is 801. The largest absolute Gasteiger partial charge is 0.469 e. The molecule has 1 heterocycles. The molecule has 166 valence electrons. The first-order chi connectivity index (χ1) is 14.1. The van der Waals surface area contributed by atoms with Gasteiger partial charge in [-0.15, -0.1) is 0 Å². The molecule has 0 aromatic rings. The monoisotopic (exact) mass is 414 g/mol. The van der Waals surface area contributed by atoms with E-state index in [1.165, 1.54) is 25.5 Å². The predicted octanol–water partition coefficient (Wildman–Crippen LogP) is 5.31. The number of fused-ring (bicyclic) bond motifs is 6. The molecular formula is C26H38O4. The molecule has 9 atom stereocenters. The summed E-state index contributed by atoms with van der Waals surface area (Å²) in [5, 5.41) is 0. The van der Waals surface area contributed by atoms with E-state index in [4.69, 9.17) is 9.47 Å². The van der Waals surface area contributed by atoms with Crippen molar-refractivity contribution in [3.8, 4) is 0 Å². The van der Waals surface area contributed by atoms with Crippen molar-refractivity contribution < 1.29 is 19.1 Å². The quantitative estimate of drug-likeness (QED) is 0.431. The fraction of sp³-hybridized carbons (Fsp3) is 0.846. The van der Waals surface area contributed by atoms with Gasteiger partial charge in [-0.1, -0.05) is 39.3 Å². The van der Waals surface area contributed by atoms with Crippen molar-refractivity contribution in [1.82, 2.24) is 0 Å². The van der Waals surface area contributed by atoms with Crippen molar-refractivity contribution in [3.05, 3.63) is 11.6 Å². The number of rotatable bonds is 1. The van der Waals surface area contributed by atoms with Crippen LogP contribution in [0, 0.1) is 46.3 Å². The SMILES string of the molecule is COC(=O)[C@@H]1C=C2C[C@@H](C)CC[C@]2(C)[C@@H]2[C@@H]1C1CCC3(CCC(=O)O3)[C@@]1(C)C[C@H]2C. The van der Waals surface area contributed by atoms with Crippen LogP contribution in [0.2, 0.25) is 0 Å². The van der Waals surface area contributed by atoms with Crippen LogP contribution in [0.3, 0.4) is 0 Å². The third-order valence-corrected chi connectivity index (χ3v) is 10.5. The minimum Gasteiger partial charge on any atom is -0.469 e. The Morgan fingerprint density at radius 3 is 2.60 bits per heavy atom. The fourth-order valence-corrected chi connectivity index (χ4v) is 9.18. The molecule has 4 fully saturated rings. The van der Waals surface area contributed by atoms with E-state index < -0.39 is 0 Å². The molecule has 0 radical (unpaired) electrons. The van der Waals surface area contributed by atoms with E-state index in [1.54, 1.807) is 0 Å². The first kappa shape index (κ1) is 20.6. The molecule has 0 N–H and O–H groups in total. The lowest BCUT2D eigenvalue weighted by Crippen LogP contribution is -2.59. The second-order valence-corrected chi connectivity index (χ2v) is 11.8. The average molecular weight is 415 g/mol. The van der Waals surface area contributed by atoms with Crippen molar-refractivity contribution in [2.75, 3.05) is 7.11 Å². The van der Waals surface area contributed by atoms with Gasteiger partial charge < -0.3 is 9.47 Å². The van der Waals surface area contributed by atoms with Crippen molar-refractivity contribution in [2.45, 2.75) is 84.7 Å². The molecule has 30 heavy (non-hydrogen) atoms. The smallest absolute Gasteiger partial charge is 0.312 e. The molecule has 4 nitrogen and oxygen atoms in total. The van der Waals surface area contributed by atoms with Crippen LogP contribution in [0.25, 0.3) is 0 Å². The van der Waals surface area contributed by atoms with E-state index in [9.17, 15) is 9.59 Å². The highest BCUT2D eigenvalue weighted by Gasteiger charge is 2.70. The van der Waals surface area contributed by atoms with Crippen LogP contribution >= 0.6 is 0 Å². The molecule has 4 heteroatoms. The van der Waals surface area contributed by atoms with Gasteiger partial charge >= 0.3 is 11.9 Å². The second-order valence-electron chi connectivity index (χ2n) is 11.8. The van der Waals surface area contributed by atoms with E-state index in [0.717, 1.165) is 32.1 Å². The lowest BCUT2D eigenvalue weighted by molar-refractivity contribution is -0.181. The molecule has 0 aromatic carbocycles. The Morgan fingerprint density at radius 1 is 1.17 bits per heavy atom. The summed E-state index contributed by atoms with van der Waals surface area (Å²) in [6.45, 7) is 9.60. The van der Waals surface area contributed by atoms with Gasteiger partial charge in [-0.2, -0.15) is 0 Å². The molecule has 4 aliphatic carbocycles. The van der Waals surface area contributed by atoms with E-state index in [2.05, 4.69) is 33.8 Å². The third kappa shape index (κ3) is 2.51. The van der Waals surface area contributed by atoms with E-state index in [-0.39, 0.29) is 40.2 Å². The van der Waals surface area contributed by atoms with Crippen molar-refractivity contribution in [3.63, 3.8) is 0 Å². The number of ether oxygens (including phenoxy) is 2. The van der Waals surface area contributed by atoms with Gasteiger partial charge in [0.2, 0.25) is 0 Å². The highest BCUT2D eigenvalue weighted by molar-refractivity contribution is 5.76. The van der Waals surface area contributed by atoms with Crippen LogP contribution < -0.4 is 0 Å². The zero-order chi connectivity index (χ0) is 21.5. The molecule has 0 bridgehead atoms. The van der Waals surface area contributed by atoms with Crippen LogP contribution in [0.1, 0.15) is 79.1 Å². The molecule has 0 aromatic heterocycles. The van der Waals surface area contributed by atoms with Crippen LogP contribution in [0.5, 0.6) is 0 Å². The summed E-state index contributed by atoms with van der Waals surface area (Å²) in [5.41, 5.74) is 1.33. The second kappa shape index (κ2) is 6.59. The molecule has 1 spiro atoms. The summed E-state index contributed by atoms with van der Waals surface area (Å²) in [7, 11) is 1.54. The van der Waals surface area contributed by atoms with Gasteiger partial charge in [-0.05, 0) is 80.0 Å². The normalized spacial score (nSPS) is 52.2. The number of allylic oxidation sites excluding steroid dienone is 1. The van der Waals surface area contributed by atoms with Gasteiger partial charge in [0, 0.05) is 11.8 Å². The Labute approximate surface area is 181 Å². The maximum Gasteiger partial charge on any atom is 0.312 e. The number of hydrogen-bond donors (Lipinski definition) is 0. The number of methoxy groups -OCH3 is 1. The van der Waals surface area contributed by atoms with Gasteiger partial charge in [0.05, 0.1) is 13.0 Å². The zero-order valence-electron chi connectivity index (χ0n) is 19.3. The molecule has 3 saturated carbocycles. The lowest BCUT2D eigenvalue weighted by atomic mass is 9.42. The first-order valence-corrected chi connectivity index (χ1v) is 12.2. The highest BCUT2D eigenvalue weighted by Crippen LogP contribution is 2.71. The summed E-state index contributed by atoms with van der Waals surface area (Å²) in [4.78, 5) is 25.3. The standard InChI is InChI=1S/C26H38O4/c1-15-6-9-24(3)17(12-15)13-18(23(28)29-5)21-19-7-10-26(11-8-20(27)30-26)25(19,4)14-16(2)22(21)24/h13,15-16,18-19,21-22H,6-12,14H2,1-5H3/t15-,16+,18+,19?,21-,22-,24-,25-,26?/m0/s1. The van der Waals surface area contributed by atoms with Gasteiger partial charge in [-0.25, -0.2) is 0 Å². The molecule has 5 rings (SSSR count). The van der Waals surface area contributed by atoms with Crippen molar-refractivity contribution in [2.24, 2.45) is 46.3 Å². The number of carbonyl (C=O) groups is 2. The maximum atomic E-state index is 13.1. The minimum atomic E-state index is -0.319. The number of hydrogen-bond acceptors (Lipinski definition) is 4. The van der Waals surface area contributed by atoms with Crippen LogP contribution in [0.15, 0.2) is 11.6 Å². The Kier molecular flexibility index (Phi) is 4.52. The van der Waals surface area contributed by atoms with Crippen molar-refractivity contribution >= 4 is 11.9 Å². The molecule has 1 aliphatic heterocycles. The summed E-state index contributed by atoms with van der Waals surface area (Å²) in [6.07, 6.45) is 10.4. The Morgan fingerprint density at radius 2 is 1.93 bits per heavy atom. The number of carbonyl (C=O) groups excluding carboxylic acids is 2. The minimum absolute atomic E-state index is 0.0322. The highest BCUT2D eigenvalue weighted by atomic mass is 16.6. The molecular weight excluding hydrogens is 376 g/mol. The molecule has 1 saturated heterocycles. The van der Waals surface area contributed by atoms with E-state index in [1.807, 2.05) is 0 Å². The topological polar surface area (TPSA) is 52.6 Å². The third-order valence-electron chi connectivity index (χ3n) is 10.5. The average Bonchev–Trinajstić information content (AvgIpc) is 3.21. The van der Waals surface area contributed by atoms with Crippen molar-refractivity contribution in [1.29, 1.82) is 0 Å². The maximum absolute atomic E-state index is 13.1. The lowest BCUT2D eigenvalue weighted by Gasteiger charge is -2.62. The van der Waals surface area contributed by atoms with Crippen LogP contribution in [0.4, 0.5) is 0 Å². The summed E-state index contributed by atoms with van der Waals surface area (Å²) in [5.74, 6) is 2.12. The van der Waals surface area contributed by atoms with E-state index >= 15 is 0 Å². The molecule has 0 amide bonds. The fourth-order valence-electron chi connectivity index (χ4n) is 9.18. The predicted molar refractivity (Wildman–Crippen MR) is 114 cm³/mol. The summed E-state index contributed by atoms with van der Waals surface area (Å²) in [6, 6.07) is 0. The summed E-state index contributed by atoms with van der Waals surface area (Å²) < 4.78 is 11.5. The Balaban J connectivity index is 1.62. The van der Waals surface area contributed by atoms with Crippen LogP contribution in [-0.2, 0) is 19.1 Å². The summed E-state index contributed by atoms with van der Waals surface area (Å²) >= 11 is 0. The molecule has 5 aliphatic rings. The molecule has 2 unspecified atom stereocenters. The van der Waals surface area contributed by atoms with Gasteiger partial charge in [0.25, 0.3) is 0 Å². The van der Waals surface area contributed by atoms with Gasteiger partial charge in [-0.3, -0.25) is 9.59 Å². The number of esters is 2. The van der Waals surface area contributed by atoms with Gasteiger partial charge in [0.1, 0.15) is 5.60 Å². The van der Waals surface area contributed by atoms with E-state index in [0.29, 0.717) is 30.1 Å².